The number of benzene rings is 2. The van der Waals surface area contributed by atoms with Crippen LogP contribution in [0.2, 0.25) is 0 Å². The molecule has 32 heavy (non-hydrogen) atoms. The molecule has 2 aliphatic heterocycles. The molecule has 0 aliphatic carbocycles. The molecule has 4 rings (SSSR count). The number of nitrogens with one attached hydrogen (secondary N) is 1. The quantitative estimate of drug-likeness (QED) is 0.696. The first-order valence-corrected chi connectivity index (χ1v) is 12.7. The van der Waals surface area contributed by atoms with Crippen LogP contribution in [-0.4, -0.2) is 44.8 Å². The van der Waals surface area contributed by atoms with Crippen molar-refractivity contribution in [1.29, 1.82) is 0 Å². The number of hydrogen-bond donors (Lipinski definition) is 1. The van der Waals surface area contributed by atoms with Gasteiger partial charge in [0.15, 0.2) is 0 Å². The number of piperidine rings is 1. The molecule has 7 nitrogen and oxygen atoms in total. The normalized spacial score (nSPS) is 16.1. The minimum absolute atomic E-state index is 0.0448. The number of rotatable bonds is 7. The van der Waals surface area contributed by atoms with E-state index in [4.69, 9.17) is 0 Å². The van der Waals surface area contributed by atoms with E-state index in [2.05, 4.69) is 4.72 Å². The van der Waals surface area contributed by atoms with Gasteiger partial charge < -0.3 is 9.80 Å². The van der Waals surface area contributed by atoms with Crippen LogP contribution >= 0.6 is 0 Å². The molecular weight excluding hydrogens is 426 g/mol. The summed E-state index contributed by atoms with van der Waals surface area (Å²) in [6, 6.07) is 14.2. The Bertz CT molecular complexity index is 1080. The fraction of sp³-hybridized carbons (Fsp3) is 0.417. The Morgan fingerprint density at radius 2 is 1.59 bits per heavy atom. The number of likely N-dealkylation sites (tertiary alicyclic amines) is 1. The molecule has 170 valence electrons. The van der Waals surface area contributed by atoms with Gasteiger partial charge in [0, 0.05) is 44.7 Å². The first-order valence-electron chi connectivity index (χ1n) is 11.2. The van der Waals surface area contributed by atoms with Crippen LogP contribution in [0.25, 0.3) is 0 Å². The molecule has 0 unspecified atom stereocenters. The third kappa shape index (κ3) is 5.19. The van der Waals surface area contributed by atoms with Crippen LogP contribution in [-0.2, 0) is 32.6 Å². The van der Waals surface area contributed by atoms with E-state index in [1.54, 1.807) is 17.0 Å². The summed E-state index contributed by atoms with van der Waals surface area (Å²) in [5, 5.41) is 0. The predicted molar refractivity (Wildman–Crippen MR) is 123 cm³/mol. The molecule has 0 bridgehead atoms. The zero-order valence-corrected chi connectivity index (χ0v) is 18.9. The van der Waals surface area contributed by atoms with Crippen molar-refractivity contribution in [3.05, 3.63) is 59.7 Å². The highest BCUT2D eigenvalue weighted by molar-refractivity contribution is 7.89. The zero-order valence-electron chi connectivity index (χ0n) is 18.1. The second-order valence-corrected chi connectivity index (χ2v) is 10.1. The topological polar surface area (TPSA) is 86.8 Å². The largest absolute Gasteiger partial charge is 0.343 e. The summed E-state index contributed by atoms with van der Waals surface area (Å²) in [4.78, 5) is 28.8. The summed E-state index contributed by atoms with van der Waals surface area (Å²) >= 11 is 0. The van der Waals surface area contributed by atoms with E-state index in [1.165, 1.54) is 6.07 Å². The lowest BCUT2D eigenvalue weighted by Crippen LogP contribution is -2.37. The summed E-state index contributed by atoms with van der Waals surface area (Å²) in [6.45, 7) is 2.30. The zero-order chi connectivity index (χ0) is 22.6. The molecule has 2 amide bonds. The average molecular weight is 456 g/mol. The molecule has 0 spiro atoms. The van der Waals surface area contributed by atoms with Gasteiger partial charge in [-0.15, -0.1) is 0 Å². The molecule has 0 radical (unpaired) electrons. The van der Waals surface area contributed by atoms with Gasteiger partial charge in [-0.3, -0.25) is 9.59 Å². The molecule has 0 saturated carbocycles. The third-order valence-corrected chi connectivity index (χ3v) is 7.53. The molecule has 0 atom stereocenters. The molecule has 1 saturated heterocycles. The minimum Gasteiger partial charge on any atom is -0.343 e. The summed E-state index contributed by atoms with van der Waals surface area (Å²) in [5.74, 6) is -0.0460. The molecule has 0 aromatic heterocycles. The Hall–Kier alpha value is -2.71. The first-order chi connectivity index (χ1) is 15.4. The summed E-state index contributed by atoms with van der Waals surface area (Å²) in [6.07, 6.45) is 4.22. The summed E-state index contributed by atoms with van der Waals surface area (Å²) < 4.78 is 28.1. The highest BCUT2D eigenvalue weighted by Crippen LogP contribution is 2.31. The van der Waals surface area contributed by atoms with Crippen LogP contribution in [0.5, 0.6) is 0 Å². The maximum atomic E-state index is 12.8. The molecule has 2 aliphatic rings. The molecule has 1 fully saturated rings. The Balaban J connectivity index is 1.37. The summed E-state index contributed by atoms with van der Waals surface area (Å²) in [5.41, 5.74) is 2.46. The lowest BCUT2D eigenvalue weighted by molar-refractivity contribution is -0.133. The van der Waals surface area contributed by atoms with Gasteiger partial charge in [0.1, 0.15) is 0 Å². The van der Waals surface area contributed by atoms with Gasteiger partial charge in [0.05, 0.1) is 4.90 Å². The average Bonchev–Trinajstić information content (AvgIpc) is 3.26. The highest BCUT2D eigenvalue weighted by atomic mass is 32.2. The Morgan fingerprint density at radius 1 is 0.875 bits per heavy atom. The van der Waals surface area contributed by atoms with Crippen molar-refractivity contribution in [2.45, 2.75) is 50.0 Å². The fourth-order valence-corrected chi connectivity index (χ4v) is 5.38. The Morgan fingerprint density at radius 3 is 2.34 bits per heavy atom. The van der Waals surface area contributed by atoms with E-state index in [-0.39, 0.29) is 36.1 Å². The second kappa shape index (κ2) is 9.83. The molecule has 8 heteroatoms. The van der Waals surface area contributed by atoms with Gasteiger partial charge >= 0.3 is 0 Å². The van der Waals surface area contributed by atoms with Crippen molar-refractivity contribution >= 4 is 27.5 Å². The van der Waals surface area contributed by atoms with Gasteiger partial charge in [-0.2, -0.15) is 0 Å². The van der Waals surface area contributed by atoms with E-state index in [0.29, 0.717) is 13.0 Å². The highest BCUT2D eigenvalue weighted by Gasteiger charge is 2.27. The summed E-state index contributed by atoms with van der Waals surface area (Å²) in [7, 11) is -3.66. The van der Waals surface area contributed by atoms with Crippen molar-refractivity contribution < 1.29 is 18.0 Å². The van der Waals surface area contributed by atoms with Gasteiger partial charge in [0.25, 0.3) is 0 Å². The minimum atomic E-state index is -3.66. The number of carbonyl (C=O) groups is 2. The SMILES string of the molecule is O=C(CCC(=O)N1CCc2cc(S(=O)(=O)NCc3ccccc3)ccc21)N1CCCCC1. The van der Waals surface area contributed by atoms with Crippen molar-refractivity contribution in [2.24, 2.45) is 0 Å². The maximum absolute atomic E-state index is 12.8. The number of nitrogens with zero attached hydrogens (tertiary/aromatic N) is 2. The van der Waals surface area contributed by atoms with Gasteiger partial charge in [-0.25, -0.2) is 13.1 Å². The number of carbonyl (C=O) groups excluding carboxylic acids is 2. The van der Waals surface area contributed by atoms with Crippen LogP contribution in [0.15, 0.2) is 53.4 Å². The number of hydrogen-bond acceptors (Lipinski definition) is 4. The van der Waals surface area contributed by atoms with Crippen molar-refractivity contribution in [1.82, 2.24) is 9.62 Å². The monoisotopic (exact) mass is 455 g/mol. The number of fused-ring (bicyclic) bond motifs is 1. The van der Waals surface area contributed by atoms with E-state index >= 15 is 0 Å². The lowest BCUT2D eigenvalue weighted by Gasteiger charge is -2.27. The van der Waals surface area contributed by atoms with Crippen LogP contribution in [0.4, 0.5) is 5.69 Å². The molecule has 2 heterocycles. The van der Waals surface area contributed by atoms with E-state index in [1.807, 2.05) is 35.2 Å². The predicted octanol–water partition coefficient (Wildman–Crippen LogP) is 2.85. The smallest absolute Gasteiger partial charge is 0.240 e. The van der Waals surface area contributed by atoms with Crippen LogP contribution in [0.3, 0.4) is 0 Å². The lowest BCUT2D eigenvalue weighted by atomic mass is 10.1. The van der Waals surface area contributed by atoms with E-state index in [9.17, 15) is 18.0 Å². The van der Waals surface area contributed by atoms with Gasteiger partial charge in [-0.1, -0.05) is 30.3 Å². The van der Waals surface area contributed by atoms with Gasteiger partial charge in [-0.05, 0) is 55.0 Å². The van der Waals surface area contributed by atoms with Crippen LogP contribution in [0.1, 0.15) is 43.2 Å². The van der Waals surface area contributed by atoms with Crippen molar-refractivity contribution in [2.75, 3.05) is 24.5 Å². The van der Waals surface area contributed by atoms with Crippen LogP contribution < -0.4 is 9.62 Å². The van der Waals surface area contributed by atoms with E-state index < -0.39 is 10.0 Å². The fourth-order valence-electron chi connectivity index (χ4n) is 4.31. The molecular formula is C24H29N3O4S. The number of amides is 2. The van der Waals surface area contributed by atoms with Crippen LogP contribution in [0, 0.1) is 0 Å². The Labute approximate surface area is 189 Å². The van der Waals surface area contributed by atoms with E-state index in [0.717, 1.165) is 49.2 Å². The molecule has 2 aromatic carbocycles. The van der Waals surface area contributed by atoms with Crippen molar-refractivity contribution in [3.63, 3.8) is 0 Å². The standard InChI is InChI=1S/C24H29N3O4S/c28-23(26-14-5-2-6-15-26)11-12-24(29)27-16-13-20-17-21(9-10-22(20)27)32(30,31)25-18-19-7-3-1-4-8-19/h1,3-4,7-10,17,25H,2,5-6,11-16,18H2. The molecule has 1 N–H and O–H groups in total. The maximum Gasteiger partial charge on any atom is 0.240 e. The molecule has 2 aromatic rings. The number of sulfonamides is 1. The first kappa shape index (κ1) is 22.5. The number of anilines is 1. The van der Waals surface area contributed by atoms with Gasteiger partial charge in [0.2, 0.25) is 21.8 Å². The Kier molecular flexibility index (Phi) is 6.91. The third-order valence-electron chi connectivity index (χ3n) is 6.13. The van der Waals surface area contributed by atoms with Crippen molar-refractivity contribution in [3.8, 4) is 0 Å². The second-order valence-electron chi connectivity index (χ2n) is 8.34.